The molecular formula is C25H30N2. The van der Waals surface area contributed by atoms with Crippen LogP contribution in [0.3, 0.4) is 0 Å². The van der Waals surface area contributed by atoms with Gasteiger partial charge in [0, 0.05) is 34.8 Å². The van der Waals surface area contributed by atoms with E-state index in [4.69, 9.17) is 0 Å². The van der Waals surface area contributed by atoms with Gasteiger partial charge < -0.3 is 0 Å². The van der Waals surface area contributed by atoms with Crippen LogP contribution in [0, 0.1) is 6.92 Å². The molecule has 1 aromatic carbocycles. The highest BCUT2D eigenvalue weighted by Crippen LogP contribution is 2.23. The fraction of sp³-hybridized carbons (Fsp3) is 0.360. The molecule has 2 heterocycles. The molecule has 0 N–H and O–H groups in total. The SMILES string of the molecule is CCCCCCCCc1ccc(-c2ccc(-c3ccc(C)nc3)cn2)cc1. The number of rotatable bonds is 9. The number of nitrogens with zero attached hydrogens (tertiary/aromatic N) is 2. The standard InChI is InChI=1S/C25H30N2/c1-3-4-5-6-7-8-9-21-11-14-22(15-12-21)25-17-16-24(19-27-25)23-13-10-20(2)26-18-23/h10-19H,3-9H2,1-2H3. The second-order valence-corrected chi connectivity index (χ2v) is 7.34. The molecule has 2 heteroatoms. The Morgan fingerprint density at radius 1 is 0.630 bits per heavy atom. The second-order valence-electron chi connectivity index (χ2n) is 7.34. The molecule has 0 saturated heterocycles. The van der Waals surface area contributed by atoms with Gasteiger partial charge in [-0.1, -0.05) is 75.4 Å². The van der Waals surface area contributed by atoms with Crippen molar-refractivity contribution in [2.75, 3.05) is 0 Å². The minimum absolute atomic E-state index is 1.02. The summed E-state index contributed by atoms with van der Waals surface area (Å²) in [5.41, 5.74) is 6.86. The van der Waals surface area contributed by atoms with E-state index in [2.05, 4.69) is 59.4 Å². The van der Waals surface area contributed by atoms with Gasteiger partial charge in [-0.2, -0.15) is 0 Å². The van der Waals surface area contributed by atoms with Gasteiger partial charge in [-0.05, 0) is 37.5 Å². The number of aryl methyl sites for hydroxylation is 2. The van der Waals surface area contributed by atoms with E-state index in [1.165, 1.54) is 56.1 Å². The van der Waals surface area contributed by atoms with Gasteiger partial charge in [0.05, 0.1) is 5.69 Å². The molecule has 2 nitrogen and oxygen atoms in total. The minimum Gasteiger partial charge on any atom is -0.261 e. The largest absolute Gasteiger partial charge is 0.261 e. The minimum atomic E-state index is 1.02. The van der Waals surface area contributed by atoms with Crippen LogP contribution in [0.1, 0.15) is 56.7 Å². The van der Waals surface area contributed by atoms with Crippen molar-refractivity contribution in [1.29, 1.82) is 0 Å². The Morgan fingerprint density at radius 3 is 1.89 bits per heavy atom. The maximum atomic E-state index is 4.65. The summed E-state index contributed by atoms with van der Waals surface area (Å²) in [5.74, 6) is 0. The van der Waals surface area contributed by atoms with Crippen molar-refractivity contribution in [2.45, 2.75) is 58.8 Å². The molecule has 0 saturated carbocycles. The first-order valence-corrected chi connectivity index (χ1v) is 10.2. The van der Waals surface area contributed by atoms with Gasteiger partial charge in [-0.3, -0.25) is 9.97 Å². The third kappa shape index (κ3) is 5.75. The van der Waals surface area contributed by atoms with Crippen molar-refractivity contribution >= 4 is 0 Å². The molecule has 2 aromatic heterocycles. The van der Waals surface area contributed by atoms with Crippen LogP contribution in [0.5, 0.6) is 0 Å². The normalized spacial score (nSPS) is 10.9. The van der Waals surface area contributed by atoms with E-state index in [0.717, 1.165) is 22.5 Å². The van der Waals surface area contributed by atoms with Crippen LogP contribution in [-0.2, 0) is 6.42 Å². The van der Waals surface area contributed by atoms with E-state index < -0.39 is 0 Å². The zero-order valence-corrected chi connectivity index (χ0v) is 16.6. The van der Waals surface area contributed by atoms with Gasteiger partial charge in [0.25, 0.3) is 0 Å². The summed E-state index contributed by atoms with van der Waals surface area (Å²) in [4.78, 5) is 9.02. The Labute approximate surface area is 163 Å². The van der Waals surface area contributed by atoms with Crippen molar-refractivity contribution < 1.29 is 0 Å². The molecule has 0 radical (unpaired) electrons. The van der Waals surface area contributed by atoms with E-state index in [1.807, 2.05) is 25.4 Å². The van der Waals surface area contributed by atoms with Gasteiger partial charge in [0.15, 0.2) is 0 Å². The highest BCUT2D eigenvalue weighted by Gasteiger charge is 2.03. The molecule has 0 unspecified atom stereocenters. The Balaban J connectivity index is 1.56. The van der Waals surface area contributed by atoms with Gasteiger partial charge >= 0.3 is 0 Å². The zero-order chi connectivity index (χ0) is 18.9. The van der Waals surface area contributed by atoms with Crippen LogP contribution in [0.25, 0.3) is 22.4 Å². The molecule has 0 bridgehead atoms. The second kappa shape index (κ2) is 10.0. The summed E-state index contributed by atoms with van der Waals surface area (Å²) in [5, 5.41) is 0. The average molecular weight is 359 g/mol. The molecule has 0 amide bonds. The van der Waals surface area contributed by atoms with Crippen molar-refractivity contribution in [3.05, 3.63) is 72.2 Å². The number of pyridine rings is 2. The fourth-order valence-corrected chi connectivity index (χ4v) is 3.33. The highest BCUT2D eigenvalue weighted by atomic mass is 14.7. The topological polar surface area (TPSA) is 25.8 Å². The summed E-state index contributed by atoms with van der Waals surface area (Å²) in [6.07, 6.45) is 13.1. The monoisotopic (exact) mass is 358 g/mol. The lowest BCUT2D eigenvalue weighted by molar-refractivity contribution is 0.607. The molecule has 3 rings (SSSR count). The Bertz CT molecular complexity index is 802. The summed E-state index contributed by atoms with van der Waals surface area (Å²) in [6.45, 7) is 4.27. The maximum Gasteiger partial charge on any atom is 0.0702 e. The summed E-state index contributed by atoms with van der Waals surface area (Å²) in [6, 6.07) is 17.2. The fourth-order valence-electron chi connectivity index (χ4n) is 3.33. The number of benzene rings is 1. The van der Waals surface area contributed by atoms with Gasteiger partial charge in [0.1, 0.15) is 0 Å². The van der Waals surface area contributed by atoms with Crippen LogP contribution in [0.4, 0.5) is 0 Å². The first-order valence-electron chi connectivity index (χ1n) is 10.2. The predicted molar refractivity (Wildman–Crippen MR) is 115 cm³/mol. The van der Waals surface area contributed by atoms with Crippen molar-refractivity contribution in [3.8, 4) is 22.4 Å². The van der Waals surface area contributed by atoms with Crippen molar-refractivity contribution in [1.82, 2.24) is 9.97 Å². The van der Waals surface area contributed by atoms with E-state index in [-0.39, 0.29) is 0 Å². The maximum absolute atomic E-state index is 4.65. The summed E-state index contributed by atoms with van der Waals surface area (Å²) >= 11 is 0. The number of hydrogen-bond donors (Lipinski definition) is 0. The molecule has 0 aliphatic carbocycles. The highest BCUT2D eigenvalue weighted by molar-refractivity contribution is 5.66. The van der Waals surface area contributed by atoms with Crippen LogP contribution in [0.2, 0.25) is 0 Å². The predicted octanol–water partition coefficient (Wildman–Crippen LogP) is 7.02. The summed E-state index contributed by atoms with van der Waals surface area (Å²) < 4.78 is 0. The van der Waals surface area contributed by atoms with E-state index in [1.54, 1.807) is 0 Å². The van der Waals surface area contributed by atoms with Crippen molar-refractivity contribution in [2.24, 2.45) is 0 Å². The lowest BCUT2D eigenvalue weighted by atomic mass is 10.0. The molecule has 0 aliphatic rings. The zero-order valence-electron chi connectivity index (χ0n) is 16.6. The average Bonchev–Trinajstić information content (AvgIpc) is 2.72. The molecule has 3 aromatic rings. The smallest absolute Gasteiger partial charge is 0.0702 e. The lowest BCUT2D eigenvalue weighted by Crippen LogP contribution is -1.89. The third-order valence-electron chi connectivity index (χ3n) is 5.08. The van der Waals surface area contributed by atoms with Gasteiger partial charge in [-0.15, -0.1) is 0 Å². The van der Waals surface area contributed by atoms with Gasteiger partial charge in [-0.25, -0.2) is 0 Å². The quantitative estimate of drug-likeness (QED) is 0.384. The third-order valence-corrected chi connectivity index (χ3v) is 5.08. The van der Waals surface area contributed by atoms with E-state index in [0.29, 0.717) is 0 Å². The molecule has 0 fully saturated rings. The van der Waals surface area contributed by atoms with Crippen LogP contribution in [-0.4, -0.2) is 9.97 Å². The van der Waals surface area contributed by atoms with Gasteiger partial charge in [0.2, 0.25) is 0 Å². The molecule has 0 aliphatic heterocycles. The molecule has 140 valence electrons. The number of aromatic nitrogens is 2. The van der Waals surface area contributed by atoms with Crippen LogP contribution >= 0.6 is 0 Å². The van der Waals surface area contributed by atoms with E-state index >= 15 is 0 Å². The Morgan fingerprint density at radius 2 is 1.26 bits per heavy atom. The lowest BCUT2D eigenvalue weighted by Gasteiger charge is -2.06. The van der Waals surface area contributed by atoms with Crippen LogP contribution in [0.15, 0.2) is 60.9 Å². The molecule has 0 atom stereocenters. The number of unbranched alkanes of at least 4 members (excludes halogenated alkanes) is 5. The van der Waals surface area contributed by atoms with E-state index in [9.17, 15) is 0 Å². The molecular weight excluding hydrogens is 328 g/mol. The Kier molecular flexibility index (Phi) is 7.15. The molecule has 0 spiro atoms. The van der Waals surface area contributed by atoms with Crippen molar-refractivity contribution in [3.63, 3.8) is 0 Å². The first-order chi connectivity index (χ1) is 13.3. The Hall–Kier alpha value is -2.48. The summed E-state index contributed by atoms with van der Waals surface area (Å²) in [7, 11) is 0. The molecule has 27 heavy (non-hydrogen) atoms. The number of hydrogen-bond acceptors (Lipinski definition) is 2. The van der Waals surface area contributed by atoms with Crippen LogP contribution < -0.4 is 0 Å². The first kappa shape index (κ1) is 19.3.